The van der Waals surface area contributed by atoms with E-state index in [2.05, 4.69) is 18.1 Å². The number of rotatable bonds is 9. The van der Waals surface area contributed by atoms with Crippen molar-refractivity contribution in [1.29, 1.82) is 0 Å². The van der Waals surface area contributed by atoms with Gasteiger partial charge in [-0.05, 0) is 69.0 Å². The van der Waals surface area contributed by atoms with E-state index < -0.39 is 17.4 Å². The first-order valence-corrected chi connectivity index (χ1v) is 11.8. The van der Waals surface area contributed by atoms with Crippen LogP contribution in [0.1, 0.15) is 42.3 Å². The summed E-state index contributed by atoms with van der Waals surface area (Å²) in [5, 5.41) is 4.60. The summed E-state index contributed by atoms with van der Waals surface area (Å²) in [6, 6.07) is 16.9. The van der Waals surface area contributed by atoms with Gasteiger partial charge in [0.1, 0.15) is 5.75 Å². The fraction of sp³-hybridized carbons (Fsp3) is 0.333. The molecule has 0 spiro atoms. The minimum absolute atomic E-state index is 0.0514. The molecule has 0 aliphatic rings. The Morgan fingerprint density at radius 2 is 1.78 bits per heavy atom. The van der Waals surface area contributed by atoms with Crippen LogP contribution >= 0.6 is 0 Å². The molecule has 0 fully saturated rings. The Hall–Kier alpha value is -2.97. The number of hydrogen-bond acceptors (Lipinski definition) is 4. The van der Waals surface area contributed by atoms with Crippen molar-refractivity contribution in [3.8, 4) is 11.4 Å². The maximum absolute atomic E-state index is 12.4. The number of aromatic nitrogens is 2. The monoisotopic (exact) mass is 455 g/mol. The third-order valence-electron chi connectivity index (χ3n) is 5.09. The van der Waals surface area contributed by atoms with Crippen LogP contribution in [-0.4, -0.2) is 35.5 Å². The summed E-state index contributed by atoms with van der Waals surface area (Å²) in [5.74, 6) is 0.328. The number of aryl methyl sites for hydroxylation is 3. The van der Waals surface area contributed by atoms with Crippen molar-refractivity contribution >= 4 is 17.4 Å². The van der Waals surface area contributed by atoms with Crippen LogP contribution < -0.4 is 4.74 Å². The highest BCUT2D eigenvalue weighted by Crippen LogP contribution is 2.17. The third-order valence-corrected chi connectivity index (χ3v) is 5.80. The zero-order valence-corrected chi connectivity index (χ0v) is 19.5. The molecule has 7 nitrogen and oxygen atoms in total. The molecule has 170 valence electrons. The molecule has 2 aromatic carbocycles. The molecular weight excluding hydrogens is 426 g/mol. The molecular formula is C24H29N3O4S. The second-order valence-electron chi connectivity index (χ2n) is 7.72. The van der Waals surface area contributed by atoms with Gasteiger partial charge in [-0.2, -0.15) is 5.10 Å². The normalized spacial score (nSPS) is 11.9. The SMILES string of the molecule is CCCCc1cc(C)nn1-c1ccc(CCN(C(=O)Oc2ccc(C)cc2)S(=O)O)cc1. The number of ether oxygens (including phenoxy) is 1. The van der Waals surface area contributed by atoms with Gasteiger partial charge in [-0.25, -0.2) is 18.0 Å². The summed E-state index contributed by atoms with van der Waals surface area (Å²) in [4.78, 5) is 12.4. The van der Waals surface area contributed by atoms with E-state index in [0.717, 1.165) is 46.1 Å². The first-order valence-electron chi connectivity index (χ1n) is 10.7. The van der Waals surface area contributed by atoms with Gasteiger partial charge < -0.3 is 4.74 Å². The Morgan fingerprint density at radius 3 is 2.41 bits per heavy atom. The molecule has 32 heavy (non-hydrogen) atoms. The van der Waals surface area contributed by atoms with Crippen molar-refractivity contribution in [2.24, 2.45) is 0 Å². The van der Waals surface area contributed by atoms with E-state index >= 15 is 0 Å². The van der Waals surface area contributed by atoms with E-state index in [9.17, 15) is 13.6 Å². The lowest BCUT2D eigenvalue weighted by molar-refractivity contribution is 0.178. The van der Waals surface area contributed by atoms with Crippen LogP contribution in [0.15, 0.2) is 54.6 Å². The van der Waals surface area contributed by atoms with Crippen molar-refractivity contribution in [3.05, 3.63) is 77.1 Å². The van der Waals surface area contributed by atoms with Crippen molar-refractivity contribution < 1.29 is 18.3 Å². The van der Waals surface area contributed by atoms with Gasteiger partial charge in [0.25, 0.3) is 11.3 Å². The lowest BCUT2D eigenvalue weighted by Gasteiger charge is -2.17. The highest BCUT2D eigenvalue weighted by molar-refractivity contribution is 7.77. The van der Waals surface area contributed by atoms with E-state index in [1.165, 1.54) is 5.69 Å². The number of unbranched alkanes of at least 4 members (excludes halogenated alkanes) is 1. The molecule has 1 heterocycles. The van der Waals surface area contributed by atoms with Crippen molar-refractivity contribution in [3.63, 3.8) is 0 Å². The molecule has 8 heteroatoms. The minimum atomic E-state index is -2.48. The van der Waals surface area contributed by atoms with Gasteiger partial charge in [-0.3, -0.25) is 4.55 Å². The van der Waals surface area contributed by atoms with Crippen molar-refractivity contribution in [2.45, 2.75) is 46.5 Å². The standard InChI is InChI=1S/C24H29N3O4S/c1-4-5-6-22-17-19(3)25-27(22)21-11-9-20(10-12-21)15-16-26(32(29)30)24(28)31-23-13-7-18(2)8-14-23/h7-14,17H,4-6,15-16H2,1-3H3,(H,29,30). The molecule has 3 aromatic rings. The van der Waals surface area contributed by atoms with Gasteiger partial charge >= 0.3 is 6.09 Å². The number of carbonyl (C=O) groups is 1. The minimum Gasteiger partial charge on any atom is -0.410 e. The Morgan fingerprint density at radius 1 is 1.09 bits per heavy atom. The summed E-state index contributed by atoms with van der Waals surface area (Å²) in [5.41, 5.74) is 5.09. The van der Waals surface area contributed by atoms with Crippen LogP contribution in [0.5, 0.6) is 5.75 Å². The second-order valence-corrected chi connectivity index (χ2v) is 8.62. The van der Waals surface area contributed by atoms with Crippen molar-refractivity contribution in [2.75, 3.05) is 6.54 Å². The van der Waals surface area contributed by atoms with Crippen LogP contribution in [0, 0.1) is 13.8 Å². The molecule has 0 radical (unpaired) electrons. The lowest BCUT2D eigenvalue weighted by atomic mass is 10.1. The first kappa shape index (κ1) is 23.7. The molecule has 0 bridgehead atoms. The van der Waals surface area contributed by atoms with E-state index in [1.54, 1.807) is 24.3 Å². The average molecular weight is 456 g/mol. The van der Waals surface area contributed by atoms with E-state index in [0.29, 0.717) is 12.2 Å². The van der Waals surface area contributed by atoms with Gasteiger partial charge in [0.05, 0.1) is 11.4 Å². The summed E-state index contributed by atoms with van der Waals surface area (Å²) >= 11 is -2.48. The maximum Gasteiger partial charge on any atom is 0.428 e. The number of hydrogen-bond donors (Lipinski definition) is 1. The van der Waals surface area contributed by atoms with Crippen molar-refractivity contribution in [1.82, 2.24) is 14.1 Å². The number of carbonyl (C=O) groups excluding carboxylic acids is 1. The van der Waals surface area contributed by atoms with Gasteiger partial charge in [-0.15, -0.1) is 0 Å². The van der Waals surface area contributed by atoms with Gasteiger partial charge in [0.2, 0.25) is 0 Å². The predicted molar refractivity (Wildman–Crippen MR) is 125 cm³/mol. The largest absolute Gasteiger partial charge is 0.428 e. The summed E-state index contributed by atoms with van der Waals surface area (Å²) in [6.07, 6.45) is 2.75. The molecule has 1 N–H and O–H groups in total. The number of amides is 1. The summed E-state index contributed by atoms with van der Waals surface area (Å²) in [7, 11) is 0. The average Bonchev–Trinajstić information content (AvgIpc) is 3.14. The van der Waals surface area contributed by atoms with Crippen LogP contribution in [0.2, 0.25) is 0 Å². The molecule has 1 unspecified atom stereocenters. The molecule has 0 saturated carbocycles. The zero-order valence-electron chi connectivity index (χ0n) is 18.7. The molecule has 0 aliphatic carbocycles. The summed E-state index contributed by atoms with van der Waals surface area (Å²) < 4.78 is 29.2. The lowest BCUT2D eigenvalue weighted by Crippen LogP contribution is -2.36. The quantitative estimate of drug-likeness (QED) is 0.458. The highest BCUT2D eigenvalue weighted by atomic mass is 32.2. The van der Waals surface area contributed by atoms with Gasteiger partial charge in [0.15, 0.2) is 0 Å². The number of nitrogens with zero attached hydrogens (tertiary/aromatic N) is 3. The number of benzene rings is 2. The van der Waals surface area contributed by atoms with E-state index in [4.69, 9.17) is 4.74 Å². The van der Waals surface area contributed by atoms with Gasteiger partial charge in [0, 0.05) is 12.2 Å². The fourth-order valence-corrected chi connectivity index (χ4v) is 3.75. The molecule has 3 rings (SSSR count). The predicted octanol–water partition coefficient (Wildman–Crippen LogP) is 5.01. The molecule has 0 saturated heterocycles. The molecule has 1 atom stereocenters. The highest BCUT2D eigenvalue weighted by Gasteiger charge is 2.21. The Labute approximate surface area is 191 Å². The fourth-order valence-electron chi connectivity index (χ4n) is 3.34. The third kappa shape index (κ3) is 6.27. The maximum atomic E-state index is 12.4. The smallest absolute Gasteiger partial charge is 0.410 e. The van der Waals surface area contributed by atoms with Crippen LogP contribution in [-0.2, 0) is 24.1 Å². The topological polar surface area (TPSA) is 84.7 Å². The van der Waals surface area contributed by atoms with E-state index in [1.807, 2.05) is 42.8 Å². The molecule has 1 amide bonds. The van der Waals surface area contributed by atoms with Crippen LogP contribution in [0.3, 0.4) is 0 Å². The van der Waals surface area contributed by atoms with Crippen LogP contribution in [0.25, 0.3) is 5.69 Å². The Balaban J connectivity index is 1.64. The first-order chi connectivity index (χ1) is 15.4. The Bertz CT molecular complexity index is 1060. The molecule has 0 aliphatic heterocycles. The Kier molecular flexibility index (Phi) is 8.19. The van der Waals surface area contributed by atoms with E-state index in [-0.39, 0.29) is 6.54 Å². The summed E-state index contributed by atoms with van der Waals surface area (Å²) in [6.45, 7) is 6.13. The van der Waals surface area contributed by atoms with Gasteiger partial charge in [-0.1, -0.05) is 43.2 Å². The molecule has 1 aromatic heterocycles. The zero-order chi connectivity index (χ0) is 23.1. The van der Waals surface area contributed by atoms with Crippen LogP contribution in [0.4, 0.5) is 4.79 Å². The second kappa shape index (κ2) is 11.1.